The Morgan fingerprint density at radius 2 is 2.22 bits per heavy atom. The summed E-state index contributed by atoms with van der Waals surface area (Å²) in [6, 6.07) is 5.52. The van der Waals surface area contributed by atoms with Crippen molar-refractivity contribution < 1.29 is 28.8 Å². The van der Waals surface area contributed by atoms with Crippen LogP contribution in [-0.4, -0.2) is 75.6 Å². The summed E-state index contributed by atoms with van der Waals surface area (Å²) >= 11 is 0. The maximum absolute atomic E-state index is 9.82. The van der Waals surface area contributed by atoms with Crippen molar-refractivity contribution in [2.75, 3.05) is 53.4 Å². The highest BCUT2D eigenvalue weighted by atomic mass is 16.7. The smallest absolute Gasteiger partial charge is 0.231 e. The third-order valence-electron chi connectivity index (χ3n) is 3.83. The molecular formula is C16H23NO6. The van der Waals surface area contributed by atoms with Crippen LogP contribution in [0.25, 0.3) is 0 Å². The van der Waals surface area contributed by atoms with Crippen molar-refractivity contribution in [3.8, 4) is 17.2 Å². The van der Waals surface area contributed by atoms with Crippen molar-refractivity contribution in [3.63, 3.8) is 0 Å². The quantitative estimate of drug-likeness (QED) is 0.783. The van der Waals surface area contributed by atoms with E-state index < -0.39 is 6.10 Å². The summed E-state index contributed by atoms with van der Waals surface area (Å²) in [7, 11) is 1.59. The minimum atomic E-state index is -0.478. The van der Waals surface area contributed by atoms with Gasteiger partial charge in [0, 0.05) is 32.8 Å². The standard InChI is InChI=1S/C16H23NO6/c1-19-9-12(18)7-17-4-5-20-14(8-17)10-21-13-2-3-15-16(6-13)23-11-22-15/h2-3,6,12,14,18H,4-5,7-11H2,1H3. The van der Waals surface area contributed by atoms with Gasteiger partial charge >= 0.3 is 0 Å². The first kappa shape index (κ1) is 16.3. The van der Waals surface area contributed by atoms with Gasteiger partial charge in [0.2, 0.25) is 6.79 Å². The van der Waals surface area contributed by atoms with Crippen molar-refractivity contribution in [1.82, 2.24) is 4.90 Å². The van der Waals surface area contributed by atoms with E-state index in [1.807, 2.05) is 18.2 Å². The second-order valence-corrected chi connectivity index (χ2v) is 5.69. The first-order valence-corrected chi connectivity index (χ1v) is 7.78. The van der Waals surface area contributed by atoms with Gasteiger partial charge in [-0.15, -0.1) is 0 Å². The Bertz CT molecular complexity index is 511. The number of β-amino-alcohol motifs (C(OH)–C–C–N with tert-alkyl or cyclic N) is 1. The Morgan fingerprint density at radius 1 is 1.35 bits per heavy atom. The fourth-order valence-corrected chi connectivity index (χ4v) is 2.75. The number of morpholine rings is 1. The molecule has 2 unspecified atom stereocenters. The average Bonchev–Trinajstić information content (AvgIpc) is 3.01. The predicted molar refractivity (Wildman–Crippen MR) is 82.1 cm³/mol. The van der Waals surface area contributed by atoms with Gasteiger partial charge in [-0.25, -0.2) is 0 Å². The molecule has 128 valence electrons. The van der Waals surface area contributed by atoms with E-state index in [-0.39, 0.29) is 12.9 Å². The molecule has 23 heavy (non-hydrogen) atoms. The number of benzene rings is 1. The Kier molecular flexibility index (Phi) is 5.56. The first-order valence-electron chi connectivity index (χ1n) is 7.78. The van der Waals surface area contributed by atoms with Crippen molar-refractivity contribution >= 4 is 0 Å². The zero-order valence-corrected chi connectivity index (χ0v) is 13.3. The lowest BCUT2D eigenvalue weighted by Gasteiger charge is -2.33. The Morgan fingerprint density at radius 3 is 3.09 bits per heavy atom. The maximum atomic E-state index is 9.82. The normalized spacial score (nSPS) is 22.1. The summed E-state index contributed by atoms with van der Waals surface area (Å²) in [6.07, 6.45) is -0.502. The van der Waals surface area contributed by atoms with E-state index in [0.29, 0.717) is 32.1 Å². The molecule has 7 nitrogen and oxygen atoms in total. The SMILES string of the molecule is COCC(O)CN1CCOC(COc2ccc3c(c2)OCO3)C1. The molecule has 2 atom stereocenters. The van der Waals surface area contributed by atoms with Crippen LogP contribution in [-0.2, 0) is 9.47 Å². The maximum Gasteiger partial charge on any atom is 0.231 e. The highest BCUT2D eigenvalue weighted by Crippen LogP contribution is 2.35. The van der Waals surface area contributed by atoms with Crippen LogP contribution in [0.5, 0.6) is 17.2 Å². The van der Waals surface area contributed by atoms with Crippen LogP contribution in [0.3, 0.4) is 0 Å². The molecular weight excluding hydrogens is 302 g/mol. The van der Waals surface area contributed by atoms with Gasteiger partial charge < -0.3 is 28.8 Å². The second kappa shape index (κ2) is 7.83. The number of rotatable bonds is 7. The van der Waals surface area contributed by atoms with Crippen molar-refractivity contribution in [3.05, 3.63) is 18.2 Å². The summed E-state index contributed by atoms with van der Waals surface area (Å²) in [6.45, 7) is 3.80. The molecule has 0 radical (unpaired) electrons. The molecule has 1 aromatic carbocycles. The van der Waals surface area contributed by atoms with Gasteiger partial charge in [-0.3, -0.25) is 4.90 Å². The minimum absolute atomic E-state index is 0.0242. The van der Waals surface area contributed by atoms with Gasteiger partial charge in [-0.2, -0.15) is 0 Å². The molecule has 1 aromatic rings. The van der Waals surface area contributed by atoms with Crippen LogP contribution in [0.1, 0.15) is 0 Å². The Balaban J connectivity index is 1.46. The van der Waals surface area contributed by atoms with Crippen LogP contribution in [0.15, 0.2) is 18.2 Å². The zero-order chi connectivity index (χ0) is 16.1. The molecule has 1 saturated heterocycles. The van der Waals surface area contributed by atoms with E-state index in [1.165, 1.54) is 0 Å². The zero-order valence-electron chi connectivity index (χ0n) is 13.3. The molecule has 0 saturated carbocycles. The van der Waals surface area contributed by atoms with Crippen LogP contribution >= 0.6 is 0 Å². The molecule has 0 aliphatic carbocycles. The topological polar surface area (TPSA) is 69.6 Å². The number of hydrogen-bond donors (Lipinski definition) is 1. The number of methoxy groups -OCH3 is 1. The molecule has 3 rings (SSSR count). The number of nitrogens with zero attached hydrogens (tertiary/aromatic N) is 1. The van der Waals surface area contributed by atoms with Gasteiger partial charge in [0.15, 0.2) is 11.5 Å². The lowest BCUT2D eigenvalue weighted by atomic mass is 10.2. The molecule has 1 N–H and O–H groups in total. The van der Waals surface area contributed by atoms with Crippen molar-refractivity contribution in [2.45, 2.75) is 12.2 Å². The molecule has 1 fully saturated rings. The van der Waals surface area contributed by atoms with Crippen molar-refractivity contribution in [2.24, 2.45) is 0 Å². The highest BCUT2D eigenvalue weighted by Gasteiger charge is 2.23. The summed E-state index contributed by atoms with van der Waals surface area (Å²) in [5.74, 6) is 2.18. The summed E-state index contributed by atoms with van der Waals surface area (Å²) in [4.78, 5) is 2.17. The number of aliphatic hydroxyl groups is 1. The second-order valence-electron chi connectivity index (χ2n) is 5.69. The summed E-state index contributed by atoms with van der Waals surface area (Å²) in [5.41, 5.74) is 0. The van der Waals surface area contributed by atoms with Crippen LogP contribution in [0.4, 0.5) is 0 Å². The number of fused-ring (bicyclic) bond motifs is 1. The van der Waals surface area contributed by atoms with E-state index in [4.69, 9.17) is 23.7 Å². The lowest BCUT2D eigenvalue weighted by molar-refractivity contribution is -0.0626. The van der Waals surface area contributed by atoms with Crippen molar-refractivity contribution in [1.29, 1.82) is 0 Å². The van der Waals surface area contributed by atoms with Crippen LogP contribution in [0, 0.1) is 0 Å². The van der Waals surface area contributed by atoms with Crippen LogP contribution in [0.2, 0.25) is 0 Å². The Hall–Kier alpha value is -1.54. The number of aliphatic hydroxyl groups excluding tert-OH is 1. The lowest BCUT2D eigenvalue weighted by Crippen LogP contribution is -2.48. The van der Waals surface area contributed by atoms with E-state index in [0.717, 1.165) is 24.6 Å². The largest absolute Gasteiger partial charge is 0.491 e. The monoisotopic (exact) mass is 325 g/mol. The van der Waals surface area contributed by atoms with Gasteiger partial charge in [0.1, 0.15) is 18.5 Å². The van der Waals surface area contributed by atoms with Gasteiger partial charge in [-0.1, -0.05) is 0 Å². The predicted octanol–water partition coefficient (Wildman–Crippen LogP) is 0.502. The van der Waals surface area contributed by atoms with E-state index in [9.17, 15) is 5.11 Å². The van der Waals surface area contributed by atoms with Gasteiger partial charge in [-0.05, 0) is 12.1 Å². The highest BCUT2D eigenvalue weighted by molar-refractivity contribution is 5.46. The average molecular weight is 325 g/mol. The van der Waals surface area contributed by atoms with Gasteiger partial charge in [0.05, 0.1) is 19.3 Å². The van der Waals surface area contributed by atoms with E-state index >= 15 is 0 Å². The van der Waals surface area contributed by atoms with Gasteiger partial charge in [0.25, 0.3) is 0 Å². The molecule has 2 heterocycles. The molecule has 2 aliphatic rings. The number of ether oxygens (including phenoxy) is 5. The van der Waals surface area contributed by atoms with Crippen LogP contribution < -0.4 is 14.2 Å². The first-order chi connectivity index (χ1) is 11.2. The Labute approximate surface area is 135 Å². The molecule has 0 bridgehead atoms. The summed E-state index contributed by atoms with van der Waals surface area (Å²) in [5, 5.41) is 9.82. The molecule has 0 spiro atoms. The summed E-state index contributed by atoms with van der Waals surface area (Å²) < 4.78 is 27.1. The minimum Gasteiger partial charge on any atom is -0.491 e. The third-order valence-corrected chi connectivity index (χ3v) is 3.83. The molecule has 7 heteroatoms. The molecule has 2 aliphatic heterocycles. The molecule has 0 amide bonds. The fraction of sp³-hybridized carbons (Fsp3) is 0.625. The van der Waals surface area contributed by atoms with E-state index in [2.05, 4.69) is 4.90 Å². The molecule has 0 aromatic heterocycles. The van der Waals surface area contributed by atoms with E-state index in [1.54, 1.807) is 7.11 Å². The fourth-order valence-electron chi connectivity index (χ4n) is 2.75. The third kappa shape index (κ3) is 4.48. The number of hydrogen-bond acceptors (Lipinski definition) is 7.